The summed E-state index contributed by atoms with van der Waals surface area (Å²) in [6.07, 6.45) is 0. The number of nitrogens with one attached hydrogen (secondary N) is 2. The van der Waals surface area contributed by atoms with Crippen LogP contribution in [-0.2, 0) is 11.3 Å². The first-order valence-corrected chi connectivity index (χ1v) is 9.57. The summed E-state index contributed by atoms with van der Waals surface area (Å²) in [5.41, 5.74) is 1.84. The van der Waals surface area contributed by atoms with Crippen LogP contribution in [0, 0.1) is 0 Å². The molecule has 3 aromatic carbocycles. The Hall–Kier alpha value is -3.19. The van der Waals surface area contributed by atoms with E-state index in [4.69, 9.17) is 4.74 Å². The zero-order valence-corrected chi connectivity index (χ0v) is 16.8. The van der Waals surface area contributed by atoms with Crippen molar-refractivity contribution in [2.45, 2.75) is 26.1 Å². The molecule has 2 N–H and O–H groups in total. The Morgan fingerprint density at radius 2 is 1.80 bits per heavy atom. The Morgan fingerprint density at radius 3 is 2.57 bits per heavy atom. The van der Waals surface area contributed by atoms with Crippen LogP contribution in [0.1, 0.15) is 24.1 Å². The van der Waals surface area contributed by atoms with E-state index in [9.17, 15) is 13.6 Å². The molecule has 0 fully saturated rings. The van der Waals surface area contributed by atoms with Crippen molar-refractivity contribution in [3.05, 3.63) is 71.8 Å². The SMILES string of the molecule is COc1cc(CNC(=O)CN[C@H](C)c2cccc3ccccc23)ccc1OC(F)F. The van der Waals surface area contributed by atoms with Crippen LogP contribution in [0.25, 0.3) is 10.8 Å². The summed E-state index contributed by atoms with van der Waals surface area (Å²) in [5, 5.41) is 8.35. The first-order valence-electron chi connectivity index (χ1n) is 9.57. The molecular weight excluding hydrogens is 390 g/mol. The predicted octanol–water partition coefficient (Wildman–Crippen LogP) is 4.42. The van der Waals surface area contributed by atoms with Crippen molar-refractivity contribution in [2.24, 2.45) is 0 Å². The summed E-state index contributed by atoms with van der Waals surface area (Å²) in [6.45, 7) is -0.524. The fourth-order valence-electron chi connectivity index (χ4n) is 3.26. The van der Waals surface area contributed by atoms with Gasteiger partial charge in [0.05, 0.1) is 13.7 Å². The average molecular weight is 414 g/mol. The number of alkyl halides is 2. The van der Waals surface area contributed by atoms with Crippen molar-refractivity contribution in [2.75, 3.05) is 13.7 Å². The quantitative estimate of drug-likeness (QED) is 0.544. The molecular formula is C23H24F2N2O3. The number of hydrogen-bond donors (Lipinski definition) is 2. The van der Waals surface area contributed by atoms with E-state index in [0.29, 0.717) is 5.56 Å². The Labute approximate surface area is 174 Å². The van der Waals surface area contributed by atoms with Gasteiger partial charge in [0, 0.05) is 12.6 Å². The molecule has 5 nitrogen and oxygen atoms in total. The third-order valence-corrected chi connectivity index (χ3v) is 4.79. The fourth-order valence-corrected chi connectivity index (χ4v) is 3.26. The minimum Gasteiger partial charge on any atom is -0.493 e. The molecule has 3 aromatic rings. The molecule has 0 radical (unpaired) electrons. The summed E-state index contributed by atoms with van der Waals surface area (Å²) in [6, 6.07) is 18.8. The van der Waals surface area contributed by atoms with Gasteiger partial charge >= 0.3 is 6.61 Å². The zero-order valence-electron chi connectivity index (χ0n) is 16.8. The van der Waals surface area contributed by atoms with Gasteiger partial charge in [-0.1, -0.05) is 48.5 Å². The van der Waals surface area contributed by atoms with Gasteiger partial charge in [0.25, 0.3) is 0 Å². The van der Waals surface area contributed by atoms with Gasteiger partial charge in [-0.15, -0.1) is 0 Å². The predicted molar refractivity (Wildman–Crippen MR) is 112 cm³/mol. The number of ether oxygens (including phenoxy) is 2. The van der Waals surface area contributed by atoms with Crippen molar-refractivity contribution in [3.8, 4) is 11.5 Å². The first kappa shape index (κ1) is 21.5. The molecule has 0 aliphatic carbocycles. The molecule has 1 amide bonds. The molecule has 0 heterocycles. The smallest absolute Gasteiger partial charge is 0.387 e. The van der Waals surface area contributed by atoms with Crippen LogP contribution >= 0.6 is 0 Å². The van der Waals surface area contributed by atoms with Crippen molar-refractivity contribution in [3.63, 3.8) is 0 Å². The summed E-state index contributed by atoms with van der Waals surface area (Å²) in [7, 11) is 1.37. The van der Waals surface area contributed by atoms with E-state index in [0.717, 1.165) is 16.3 Å². The van der Waals surface area contributed by atoms with Gasteiger partial charge in [-0.05, 0) is 41.0 Å². The van der Waals surface area contributed by atoms with E-state index in [1.807, 2.05) is 31.2 Å². The lowest BCUT2D eigenvalue weighted by Crippen LogP contribution is -2.34. The third kappa shape index (κ3) is 5.45. The van der Waals surface area contributed by atoms with Gasteiger partial charge in [0.2, 0.25) is 5.91 Å². The summed E-state index contributed by atoms with van der Waals surface area (Å²) in [4.78, 5) is 12.3. The molecule has 30 heavy (non-hydrogen) atoms. The maximum Gasteiger partial charge on any atom is 0.387 e. The molecule has 0 aliphatic heterocycles. The highest BCUT2D eigenvalue weighted by Gasteiger charge is 2.13. The van der Waals surface area contributed by atoms with Gasteiger partial charge in [-0.2, -0.15) is 8.78 Å². The second-order valence-corrected chi connectivity index (χ2v) is 6.81. The zero-order chi connectivity index (χ0) is 21.5. The van der Waals surface area contributed by atoms with Crippen LogP contribution in [0.3, 0.4) is 0 Å². The molecule has 158 valence electrons. The molecule has 0 aromatic heterocycles. The maximum absolute atomic E-state index is 12.4. The lowest BCUT2D eigenvalue weighted by Gasteiger charge is -2.17. The lowest BCUT2D eigenvalue weighted by molar-refractivity contribution is -0.120. The van der Waals surface area contributed by atoms with Crippen molar-refractivity contribution in [1.29, 1.82) is 0 Å². The van der Waals surface area contributed by atoms with Gasteiger partial charge in [-0.3, -0.25) is 4.79 Å². The molecule has 1 atom stereocenters. The maximum atomic E-state index is 12.4. The van der Waals surface area contributed by atoms with E-state index in [1.54, 1.807) is 12.1 Å². The number of halogens is 2. The summed E-state index contributed by atoms with van der Waals surface area (Å²) >= 11 is 0. The Kier molecular flexibility index (Phi) is 7.19. The molecule has 7 heteroatoms. The largest absolute Gasteiger partial charge is 0.493 e. The lowest BCUT2D eigenvalue weighted by atomic mass is 10.00. The molecule has 0 bridgehead atoms. The highest BCUT2D eigenvalue weighted by molar-refractivity contribution is 5.86. The Bertz CT molecular complexity index is 1010. The molecule has 0 spiro atoms. The molecule has 3 rings (SSSR count). The van der Waals surface area contributed by atoms with E-state index < -0.39 is 6.61 Å². The second kappa shape index (κ2) is 10.0. The van der Waals surface area contributed by atoms with E-state index in [2.05, 4.69) is 33.6 Å². The highest BCUT2D eigenvalue weighted by Crippen LogP contribution is 2.29. The Morgan fingerprint density at radius 1 is 1.03 bits per heavy atom. The third-order valence-electron chi connectivity index (χ3n) is 4.79. The minimum absolute atomic E-state index is 0.00674. The van der Waals surface area contributed by atoms with Gasteiger partial charge in [0.15, 0.2) is 11.5 Å². The topological polar surface area (TPSA) is 59.6 Å². The van der Waals surface area contributed by atoms with Crippen LogP contribution < -0.4 is 20.1 Å². The number of amides is 1. The number of carbonyl (C=O) groups excluding carboxylic acids is 1. The van der Waals surface area contributed by atoms with Crippen LogP contribution in [0.5, 0.6) is 11.5 Å². The number of benzene rings is 3. The molecule has 0 aliphatic rings. The normalized spacial score (nSPS) is 12.0. The van der Waals surface area contributed by atoms with E-state index >= 15 is 0 Å². The fraction of sp³-hybridized carbons (Fsp3) is 0.261. The van der Waals surface area contributed by atoms with Crippen LogP contribution in [0.15, 0.2) is 60.7 Å². The molecule has 0 unspecified atom stereocenters. The van der Waals surface area contributed by atoms with E-state index in [-0.39, 0.29) is 36.5 Å². The van der Waals surface area contributed by atoms with Gasteiger partial charge in [-0.25, -0.2) is 0 Å². The van der Waals surface area contributed by atoms with Crippen molar-refractivity contribution < 1.29 is 23.0 Å². The van der Waals surface area contributed by atoms with Crippen molar-refractivity contribution in [1.82, 2.24) is 10.6 Å². The number of methoxy groups -OCH3 is 1. The van der Waals surface area contributed by atoms with Gasteiger partial charge < -0.3 is 20.1 Å². The highest BCUT2D eigenvalue weighted by atomic mass is 19.3. The average Bonchev–Trinajstić information content (AvgIpc) is 2.75. The molecule has 0 saturated heterocycles. The standard InChI is InChI=1S/C23H24F2N2O3/c1-15(18-9-5-7-17-6-3-4-8-19(17)18)26-14-22(28)27-13-16-10-11-20(30-23(24)25)21(12-16)29-2/h3-12,15,23,26H,13-14H2,1-2H3,(H,27,28)/t15-/m1/s1. The van der Waals surface area contributed by atoms with Gasteiger partial charge in [0.1, 0.15) is 0 Å². The monoisotopic (exact) mass is 414 g/mol. The molecule has 0 saturated carbocycles. The number of hydrogen-bond acceptors (Lipinski definition) is 4. The van der Waals surface area contributed by atoms with E-state index in [1.165, 1.54) is 13.2 Å². The second-order valence-electron chi connectivity index (χ2n) is 6.81. The minimum atomic E-state index is -2.93. The van der Waals surface area contributed by atoms with Crippen LogP contribution in [0.2, 0.25) is 0 Å². The number of rotatable bonds is 9. The number of fused-ring (bicyclic) bond motifs is 1. The number of carbonyl (C=O) groups is 1. The Balaban J connectivity index is 1.55. The van der Waals surface area contributed by atoms with Crippen LogP contribution in [-0.4, -0.2) is 26.2 Å². The van der Waals surface area contributed by atoms with Crippen molar-refractivity contribution >= 4 is 16.7 Å². The van der Waals surface area contributed by atoms with Crippen LogP contribution in [0.4, 0.5) is 8.78 Å². The first-order chi connectivity index (χ1) is 14.5. The summed E-state index contributed by atoms with van der Waals surface area (Å²) < 4.78 is 34.3. The summed E-state index contributed by atoms with van der Waals surface area (Å²) in [5.74, 6) is -0.0353.